The van der Waals surface area contributed by atoms with E-state index >= 15 is 0 Å². The maximum absolute atomic E-state index is 13.7. The molecule has 2 rings (SSSR count). The Morgan fingerprint density at radius 3 is 2.09 bits per heavy atom. The molecule has 0 bridgehead atoms. The number of carbonyl (C=O) groups excluding carboxylic acids is 1. The van der Waals surface area contributed by atoms with Crippen LogP contribution < -0.4 is 0 Å². The summed E-state index contributed by atoms with van der Waals surface area (Å²) in [4.78, 5) is 13.0. The first-order valence-corrected chi connectivity index (χ1v) is 15.0. The van der Waals surface area contributed by atoms with E-state index in [9.17, 15) is 13.2 Å². The highest BCUT2D eigenvalue weighted by molar-refractivity contribution is 7.89. The second-order valence-corrected chi connectivity index (χ2v) is 16.2. The quantitative estimate of drug-likeness (QED) is 0.385. The van der Waals surface area contributed by atoms with Crippen LogP contribution >= 0.6 is 0 Å². The molecule has 32 heavy (non-hydrogen) atoms. The van der Waals surface area contributed by atoms with Crippen molar-refractivity contribution < 1.29 is 22.4 Å². The molecule has 176 valence electrons. The average Bonchev–Trinajstić information content (AvgIpc) is 2.73. The molecule has 6 nitrogen and oxygen atoms in total. The first-order valence-electron chi connectivity index (χ1n) is 10.6. The smallest absolute Gasteiger partial charge is 0.326 e. The van der Waals surface area contributed by atoms with Crippen LogP contribution in [0.15, 0.2) is 59.5 Å². The van der Waals surface area contributed by atoms with Gasteiger partial charge in [-0.3, -0.25) is 4.79 Å². The standard InChI is InChI=1S/C24H35NO5SSi/c1-19-13-15-21(16-14-19)31(27,28)25(17-20-11-9-8-10-12-20)22(23(26)29-5)18-30-32(6,7)24(2,3)4/h8-16,22H,17-18H2,1-7H3. The Morgan fingerprint density at radius 1 is 1.03 bits per heavy atom. The van der Waals surface area contributed by atoms with Gasteiger partial charge in [0.15, 0.2) is 8.32 Å². The van der Waals surface area contributed by atoms with Gasteiger partial charge in [0.25, 0.3) is 0 Å². The Balaban J connectivity index is 2.52. The van der Waals surface area contributed by atoms with Gasteiger partial charge < -0.3 is 9.16 Å². The minimum Gasteiger partial charge on any atom is -0.468 e. The molecule has 0 aliphatic heterocycles. The highest BCUT2D eigenvalue weighted by Crippen LogP contribution is 2.37. The molecule has 0 saturated carbocycles. The van der Waals surface area contributed by atoms with Crippen LogP contribution in [0.2, 0.25) is 18.1 Å². The van der Waals surface area contributed by atoms with E-state index in [2.05, 4.69) is 33.9 Å². The Kier molecular flexibility index (Phi) is 8.44. The third-order valence-corrected chi connectivity index (χ3v) is 12.4. The first kappa shape index (κ1) is 26.3. The SMILES string of the molecule is COC(=O)C(CO[Si](C)(C)C(C)(C)C)N(Cc1ccccc1)S(=O)(=O)c1ccc(C)cc1. The maximum atomic E-state index is 13.7. The Bertz CT molecular complexity index is 999. The molecule has 0 N–H and O–H groups in total. The lowest BCUT2D eigenvalue weighted by atomic mass is 10.2. The molecular formula is C24H35NO5SSi. The van der Waals surface area contributed by atoms with E-state index in [0.29, 0.717) is 0 Å². The molecule has 0 aliphatic rings. The highest BCUT2D eigenvalue weighted by Gasteiger charge is 2.42. The summed E-state index contributed by atoms with van der Waals surface area (Å²) in [6, 6.07) is 14.7. The Hall–Kier alpha value is -2.00. The molecule has 0 heterocycles. The molecular weight excluding hydrogens is 442 g/mol. The summed E-state index contributed by atoms with van der Waals surface area (Å²) >= 11 is 0. The molecule has 0 saturated heterocycles. The molecule has 2 aromatic rings. The monoisotopic (exact) mass is 477 g/mol. The average molecular weight is 478 g/mol. The molecule has 0 aromatic heterocycles. The number of nitrogens with zero attached hydrogens (tertiary/aromatic N) is 1. The highest BCUT2D eigenvalue weighted by atomic mass is 32.2. The summed E-state index contributed by atoms with van der Waals surface area (Å²) in [5, 5.41) is -0.0895. The van der Waals surface area contributed by atoms with Crippen molar-refractivity contribution in [3.63, 3.8) is 0 Å². The number of rotatable bonds is 9. The van der Waals surface area contributed by atoms with Crippen LogP contribution in [0.3, 0.4) is 0 Å². The van der Waals surface area contributed by atoms with E-state index in [-0.39, 0.29) is 23.1 Å². The number of aryl methyl sites for hydroxylation is 1. The van der Waals surface area contributed by atoms with Gasteiger partial charge in [-0.2, -0.15) is 4.31 Å². The van der Waals surface area contributed by atoms with Crippen molar-refractivity contribution in [2.24, 2.45) is 0 Å². The van der Waals surface area contributed by atoms with Gasteiger partial charge in [0.2, 0.25) is 10.0 Å². The maximum Gasteiger partial charge on any atom is 0.326 e. The van der Waals surface area contributed by atoms with Gasteiger partial charge in [0.05, 0.1) is 18.6 Å². The van der Waals surface area contributed by atoms with Gasteiger partial charge >= 0.3 is 5.97 Å². The normalized spacial score (nSPS) is 13.8. The Labute approximate surface area is 193 Å². The van der Waals surface area contributed by atoms with Crippen molar-refractivity contribution in [3.05, 3.63) is 65.7 Å². The second-order valence-electron chi connectivity index (χ2n) is 9.46. The topological polar surface area (TPSA) is 72.9 Å². The fourth-order valence-electron chi connectivity index (χ4n) is 2.88. The number of benzene rings is 2. The van der Waals surface area contributed by atoms with Crippen LogP contribution in [0, 0.1) is 6.92 Å². The number of methoxy groups -OCH3 is 1. The fourth-order valence-corrected chi connectivity index (χ4v) is 5.44. The minimum absolute atomic E-state index is 0.0255. The zero-order valence-electron chi connectivity index (χ0n) is 20.1. The molecule has 0 radical (unpaired) electrons. The first-order chi connectivity index (χ1) is 14.8. The van der Waals surface area contributed by atoms with Crippen LogP contribution in [0.25, 0.3) is 0 Å². The molecule has 0 aliphatic carbocycles. The molecule has 1 unspecified atom stereocenters. The minimum atomic E-state index is -4.01. The number of hydrogen-bond donors (Lipinski definition) is 0. The molecule has 8 heteroatoms. The van der Waals surface area contributed by atoms with Crippen molar-refractivity contribution in [2.45, 2.75) is 63.3 Å². The number of hydrogen-bond acceptors (Lipinski definition) is 5. The lowest BCUT2D eigenvalue weighted by Crippen LogP contribution is -2.51. The van der Waals surface area contributed by atoms with Crippen molar-refractivity contribution in [1.82, 2.24) is 4.31 Å². The third-order valence-electron chi connectivity index (χ3n) is 6.04. The summed E-state index contributed by atoms with van der Waals surface area (Å²) in [5.74, 6) is -0.643. The number of sulfonamides is 1. The van der Waals surface area contributed by atoms with E-state index in [0.717, 1.165) is 11.1 Å². The van der Waals surface area contributed by atoms with Gasteiger partial charge in [0, 0.05) is 6.54 Å². The van der Waals surface area contributed by atoms with Gasteiger partial charge in [-0.05, 0) is 42.8 Å². The number of ether oxygens (including phenoxy) is 1. The Morgan fingerprint density at radius 2 is 1.59 bits per heavy atom. The summed E-state index contributed by atoms with van der Waals surface area (Å²) < 4.78 is 39.9. The van der Waals surface area contributed by atoms with Crippen molar-refractivity contribution >= 4 is 24.3 Å². The molecule has 0 amide bonds. The van der Waals surface area contributed by atoms with Gasteiger partial charge in [-0.25, -0.2) is 8.42 Å². The van der Waals surface area contributed by atoms with E-state index in [1.807, 2.05) is 37.3 Å². The lowest BCUT2D eigenvalue weighted by molar-refractivity contribution is -0.146. The van der Waals surface area contributed by atoms with E-state index in [4.69, 9.17) is 9.16 Å². The number of esters is 1. The summed E-state index contributed by atoms with van der Waals surface area (Å²) in [5.41, 5.74) is 1.72. The molecule has 0 fully saturated rings. The van der Waals surface area contributed by atoms with Gasteiger partial charge in [0.1, 0.15) is 6.04 Å². The number of carbonyl (C=O) groups is 1. The van der Waals surface area contributed by atoms with E-state index in [1.165, 1.54) is 11.4 Å². The van der Waals surface area contributed by atoms with Crippen molar-refractivity contribution in [1.29, 1.82) is 0 Å². The van der Waals surface area contributed by atoms with Gasteiger partial charge in [-0.15, -0.1) is 0 Å². The van der Waals surface area contributed by atoms with Crippen LogP contribution in [-0.4, -0.2) is 46.8 Å². The van der Waals surface area contributed by atoms with Crippen molar-refractivity contribution in [2.75, 3.05) is 13.7 Å². The zero-order valence-corrected chi connectivity index (χ0v) is 21.9. The van der Waals surface area contributed by atoms with E-state index < -0.39 is 30.4 Å². The molecule has 1 atom stereocenters. The zero-order chi connectivity index (χ0) is 24.2. The summed E-state index contributed by atoms with van der Waals surface area (Å²) in [7, 11) is -4.98. The third kappa shape index (κ3) is 6.28. The van der Waals surface area contributed by atoms with Crippen molar-refractivity contribution in [3.8, 4) is 0 Å². The van der Waals surface area contributed by atoms with Crippen LogP contribution in [0.4, 0.5) is 0 Å². The van der Waals surface area contributed by atoms with E-state index in [1.54, 1.807) is 24.3 Å². The van der Waals surface area contributed by atoms with Crippen LogP contribution in [0.1, 0.15) is 31.9 Å². The second kappa shape index (κ2) is 10.3. The van der Waals surface area contributed by atoms with Crippen LogP contribution in [0.5, 0.6) is 0 Å². The lowest BCUT2D eigenvalue weighted by Gasteiger charge is -2.38. The summed E-state index contributed by atoms with van der Waals surface area (Å²) in [6.45, 7) is 12.3. The predicted molar refractivity (Wildman–Crippen MR) is 129 cm³/mol. The molecule has 0 spiro atoms. The largest absolute Gasteiger partial charge is 0.468 e. The predicted octanol–water partition coefficient (Wildman–Crippen LogP) is 4.75. The van der Waals surface area contributed by atoms with Gasteiger partial charge in [-0.1, -0.05) is 68.8 Å². The summed E-state index contributed by atoms with van der Waals surface area (Å²) in [6.07, 6.45) is 0. The van der Waals surface area contributed by atoms with Crippen LogP contribution in [-0.2, 0) is 30.5 Å². The molecule has 2 aromatic carbocycles. The fraction of sp³-hybridized carbons (Fsp3) is 0.458.